The van der Waals surface area contributed by atoms with Crippen LogP contribution in [0.3, 0.4) is 0 Å². The summed E-state index contributed by atoms with van der Waals surface area (Å²) in [6, 6.07) is 10.2. The van der Waals surface area contributed by atoms with Crippen LogP contribution in [0.4, 0.5) is 0 Å². The molecule has 0 spiro atoms. The smallest absolute Gasteiger partial charge is 0.289 e. The van der Waals surface area contributed by atoms with E-state index in [0.717, 1.165) is 5.56 Å². The van der Waals surface area contributed by atoms with E-state index in [1.165, 1.54) is 6.26 Å². The number of amides is 3. The number of hydrogen-bond acceptors (Lipinski definition) is 4. The standard InChI is InChI=1S/C25H33N3O4/c1-17(2)21(26-22(29)18-8-10-19(11-9-18)25(3,4)5)24(31)28-14-12-27(13-15-28)23(30)20-7-6-16-32-20/h6-11,16-17,21H,12-15H2,1-5H3,(H,26,29). The predicted molar refractivity (Wildman–Crippen MR) is 122 cm³/mol. The molecule has 1 N–H and O–H groups in total. The molecule has 1 unspecified atom stereocenters. The number of carbonyl (C=O) groups is 3. The summed E-state index contributed by atoms with van der Waals surface area (Å²) in [4.78, 5) is 41.9. The van der Waals surface area contributed by atoms with E-state index < -0.39 is 6.04 Å². The summed E-state index contributed by atoms with van der Waals surface area (Å²) in [6.07, 6.45) is 1.47. The molecule has 1 aliphatic rings. The van der Waals surface area contributed by atoms with Crippen LogP contribution >= 0.6 is 0 Å². The number of hydrogen-bond donors (Lipinski definition) is 1. The number of nitrogens with one attached hydrogen (secondary N) is 1. The number of carbonyl (C=O) groups excluding carboxylic acids is 3. The van der Waals surface area contributed by atoms with E-state index in [0.29, 0.717) is 37.5 Å². The minimum atomic E-state index is -0.628. The summed E-state index contributed by atoms with van der Waals surface area (Å²) in [6.45, 7) is 11.9. The minimum Gasteiger partial charge on any atom is -0.459 e. The molecule has 0 aliphatic carbocycles. The van der Waals surface area contributed by atoms with Crippen LogP contribution in [0.2, 0.25) is 0 Å². The summed E-state index contributed by atoms with van der Waals surface area (Å²) < 4.78 is 5.18. The molecule has 1 aromatic heterocycles. The van der Waals surface area contributed by atoms with Gasteiger partial charge in [0.05, 0.1) is 6.26 Å². The second-order valence-electron chi connectivity index (χ2n) is 9.62. The van der Waals surface area contributed by atoms with Gasteiger partial charge in [0.2, 0.25) is 5.91 Å². The highest BCUT2D eigenvalue weighted by molar-refractivity contribution is 5.97. The third kappa shape index (κ3) is 5.39. The van der Waals surface area contributed by atoms with Crippen molar-refractivity contribution in [3.05, 3.63) is 59.5 Å². The van der Waals surface area contributed by atoms with Crippen LogP contribution < -0.4 is 5.32 Å². The Morgan fingerprint density at radius 3 is 2.03 bits per heavy atom. The zero-order valence-electron chi connectivity index (χ0n) is 19.6. The molecule has 7 nitrogen and oxygen atoms in total. The molecular weight excluding hydrogens is 406 g/mol. The number of furan rings is 1. The molecule has 1 aliphatic heterocycles. The lowest BCUT2D eigenvalue weighted by Gasteiger charge is -2.37. The molecule has 1 saturated heterocycles. The molecule has 3 rings (SSSR count). The minimum absolute atomic E-state index is 0.00586. The lowest BCUT2D eigenvalue weighted by atomic mass is 9.86. The van der Waals surface area contributed by atoms with E-state index in [2.05, 4.69) is 26.1 Å². The normalized spacial score (nSPS) is 15.6. The van der Waals surface area contributed by atoms with E-state index in [1.54, 1.807) is 34.1 Å². The quantitative estimate of drug-likeness (QED) is 0.775. The highest BCUT2D eigenvalue weighted by Crippen LogP contribution is 2.22. The van der Waals surface area contributed by atoms with Gasteiger partial charge in [-0.05, 0) is 41.2 Å². The van der Waals surface area contributed by atoms with Gasteiger partial charge < -0.3 is 19.5 Å². The van der Waals surface area contributed by atoms with Crippen molar-refractivity contribution in [3.63, 3.8) is 0 Å². The Morgan fingerprint density at radius 2 is 1.53 bits per heavy atom. The van der Waals surface area contributed by atoms with Crippen molar-refractivity contribution >= 4 is 17.7 Å². The van der Waals surface area contributed by atoms with Gasteiger partial charge in [-0.1, -0.05) is 46.8 Å². The number of rotatable bonds is 5. The van der Waals surface area contributed by atoms with Crippen LogP contribution in [0.1, 0.15) is 61.1 Å². The highest BCUT2D eigenvalue weighted by atomic mass is 16.3. The maximum Gasteiger partial charge on any atom is 0.289 e. The molecule has 0 radical (unpaired) electrons. The first-order valence-electron chi connectivity index (χ1n) is 11.1. The topological polar surface area (TPSA) is 82.9 Å². The van der Waals surface area contributed by atoms with E-state index in [9.17, 15) is 14.4 Å². The number of nitrogens with zero attached hydrogens (tertiary/aromatic N) is 2. The monoisotopic (exact) mass is 439 g/mol. The van der Waals surface area contributed by atoms with Crippen LogP contribution in [-0.2, 0) is 10.2 Å². The molecule has 1 atom stereocenters. The van der Waals surface area contributed by atoms with Crippen LogP contribution in [-0.4, -0.2) is 59.7 Å². The van der Waals surface area contributed by atoms with Gasteiger partial charge >= 0.3 is 0 Å². The molecule has 3 amide bonds. The molecule has 1 fully saturated rings. The number of benzene rings is 1. The molecule has 2 heterocycles. The van der Waals surface area contributed by atoms with Gasteiger partial charge in [0.15, 0.2) is 5.76 Å². The zero-order valence-corrected chi connectivity index (χ0v) is 19.6. The van der Waals surface area contributed by atoms with E-state index in [4.69, 9.17) is 4.42 Å². The van der Waals surface area contributed by atoms with Gasteiger partial charge in [-0.15, -0.1) is 0 Å². The Balaban J connectivity index is 1.61. The van der Waals surface area contributed by atoms with Crippen molar-refractivity contribution in [1.29, 1.82) is 0 Å². The largest absolute Gasteiger partial charge is 0.459 e. The summed E-state index contributed by atoms with van der Waals surface area (Å²) in [5.41, 5.74) is 1.68. The van der Waals surface area contributed by atoms with E-state index in [1.807, 2.05) is 26.0 Å². The van der Waals surface area contributed by atoms with Crippen LogP contribution in [0, 0.1) is 5.92 Å². The Bertz CT molecular complexity index is 935. The molecule has 172 valence electrons. The first-order chi connectivity index (χ1) is 15.1. The lowest BCUT2D eigenvalue weighted by molar-refractivity contribution is -0.135. The second kappa shape index (κ2) is 9.59. The van der Waals surface area contributed by atoms with E-state index >= 15 is 0 Å². The van der Waals surface area contributed by atoms with Crippen molar-refractivity contribution in [2.75, 3.05) is 26.2 Å². The average Bonchev–Trinajstić information content (AvgIpc) is 3.30. The summed E-state index contributed by atoms with van der Waals surface area (Å²) in [5.74, 6) is -0.318. The van der Waals surface area contributed by atoms with Gasteiger partial charge in [0.25, 0.3) is 11.8 Å². The van der Waals surface area contributed by atoms with Crippen molar-refractivity contribution in [2.45, 2.75) is 46.1 Å². The molecule has 32 heavy (non-hydrogen) atoms. The molecule has 0 bridgehead atoms. The van der Waals surface area contributed by atoms with Crippen LogP contribution in [0.25, 0.3) is 0 Å². The first kappa shape index (κ1) is 23.6. The number of piperazine rings is 1. The van der Waals surface area contributed by atoms with Gasteiger partial charge in [-0.2, -0.15) is 0 Å². The van der Waals surface area contributed by atoms with Crippen LogP contribution in [0.5, 0.6) is 0 Å². The highest BCUT2D eigenvalue weighted by Gasteiger charge is 2.32. The average molecular weight is 440 g/mol. The van der Waals surface area contributed by atoms with Crippen molar-refractivity contribution in [2.24, 2.45) is 5.92 Å². The maximum absolute atomic E-state index is 13.2. The fourth-order valence-electron chi connectivity index (χ4n) is 3.74. The van der Waals surface area contributed by atoms with Crippen molar-refractivity contribution < 1.29 is 18.8 Å². The zero-order chi connectivity index (χ0) is 23.5. The van der Waals surface area contributed by atoms with Gasteiger partial charge in [0, 0.05) is 31.7 Å². The van der Waals surface area contributed by atoms with Gasteiger partial charge in [-0.3, -0.25) is 14.4 Å². The third-order valence-corrected chi connectivity index (χ3v) is 5.84. The fraction of sp³-hybridized carbons (Fsp3) is 0.480. The molecule has 0 saturated carbocycles. The fourth-order valence-corrected chi connectivity index (χ4v) is 3.74. The molecule has 2 aromatic rings. The lowest BCUT2D eigenvalue weighted by Crippen LogP contribution is -2.57. The molecule has 7 heteroatoms. The van der Waals surface area contributed by atoms with Crippen LogP contribution in [0.15, 0.2) is 47.1 Å². The molecular formula is C25H33N3O4. The Labute approximate surface area is 189 Å². The van der Waals surface area contributed by atoms with E-state index in [-0.39, 0.29) is 29.1 Å². The second-order valence-corrected chi connectivity index (χ2v) is 9.62. The Morgan fingerprint density at radius 1 is 0.938 bits per heavy atom. The molecule has 1 aromatic carbocycles. The van der Waals surface area contributed by atoms with Gasteiger partial charge in [0.1, 0.15) is 6.04 Å². The first-order valence-corrected chi connectivity index (χ1v) is 11.1. The summed E-state index contributed by atoms with van der Waals surface area (Å²) in [5, 5.41) is 2.92. The predicted octanol–water partition coefficient (Wildman–Crippen LogP) is 3.32. The third-order valence-electron chi connectivity index (χ3n) is 5.84. The Hall–Kier alpha value is -3.09. The van der Waals surface area contributed by atoms with Crippen molar-refractivity contribution in [1.82, 2.24) is 15.1 Å². The summed E-state index contributed by atoms with van der Waals surface area (Å²) in [7, 11) is 0. The maximum atomic E-state index is 13.2. The van der Waals surface area contributed by atoms with Gasteiger partial charge in [-0.25, -0.2) is 0 Å². The SMILES string of the molecule is CC(C)C(NC(=O)c1ccc(C(C)(C)C)cc1)C(=O)N1CCN(C(=O)c2ccco2)CC1. The summed E-state index contributed by atoms with van der Waals surface area (Å²) >= 11 is 0. The van der Waals surface area contributed by atoms with Crippen molar-refractivity contribution in [3.8, 4) is 0 Å². The Kier molecular flexibility index (Phi) is 7.06.